The maximum absolute atomic E-state index is 12.5. The first-order valence-electron chi connectivity index (χ1n) is 8.43. The third-order valence-electron chi connectivity index (χ3n) is 4.36. The molecule has 0 spiro atoms. The fourth-order valence-corrected chi connectivity index (χ4v) is 5.18. The summed E-state index contributed by atoms with van der Waals surface area (Å²) in [5, 5.41) is 7.74. The van der Waals surface area contributed by atoms with Crippen LogP contribution in [0, 0.1) is 0 Å². The van der Waals surface area contributed by atoms with Gasteiger partial charge in [0.25, 0.3) is 5.91 Å². The number of rotatable bonds is 6. The lowest BCUT2D eigenvalue weighted by atomic mass is 9.95. The van der Waals surface area contributed by atoms with Crippen molar-refractivity contribution in [2.75, 3.05) is 26.0 Å². The van der Waals surface area contributed by atoms with E-state index in [-0.39, 0.29) is 11.9 Å². The van der Waals surface area contributed by atoms with E-state index in [1.165, 1.54) is 28.9 Å². The number of methoxy groups -OCH3 is 1. The van der Waals surface area contributed by atoms with Crippen LogP contribution < -0.4 is 10.2 Å². The van der Waals surface area contributed by atoms with E-state index in [0.29, 0.717) is 17.1 Å². The van der Waals surface area contributed by atoms with Gasteiger partial charge in [0, 0.05) is 10.4 Å². The van der Waals surface area contributed by atoms with Crippen molar-refractivity contribution in [2.24, 2.45) is 0 Å². The summed E-state index contributed by atoms with van der Waals surface area (Å²) in [5.41, 5.74) is 2.86. The van der Waals surface area contributed by atoms with Crippen LogP contribution in [0.15, 0.2) is 16.8 Å². The Bertz CT molecular complexity index is 753. The van der Waals surface area contributed by atoms with Gasteiger partial charge in [-0.05, 0) is 48.1 Å². The summed E-state index contributed by atoms with van der Waals surface area (Å²) in [4.78, 5) is 27.0. The Morgan fingerprint density at radius 2 is 2.12 bits per heavy atom. The van der Waals surface area contributed by atoms with E-state index >= 15 is 0 Å². The molecule has 7 heteroatoms. The molecule has 5 nitrogen and oxygen atoms in total. The fourth-order valence-electron chi connectivity index (χ4n) is 3.22. The Labute approximate surface area is 155 Å². The molecule has 0 saturated heterocycles. The molecule has 0 fully saturated rings. The molecule has 2 aromatic rings. The van der Waals surface area contributed by atoms with Crippen LogP contribution in [0.25, 0.3) is 0 Å². The number of hydrogen-bond donors (Lipinski definition) is 2. The van der Waals surface area contributed by atoms with Gasteiger partial charge in [0.15, 0.2) is 6.54 Å². The van der Waals surface area contributed by atoms with E-state index in [2.05, 4.69) is 16.8 Å². The summed E-state index contributed by atoms with van der Waals surface area (Å²) in [6.45, 7) is 1.17. The average Bonchev–Trinajstić information content (AvgIpc) is 3.20. The molecule has 0 aromatic carbocycles. The smallest absolute Gasteiger partial charge is 0.341 e. The number of carbonyl (C=O) groups excluding carboxylic acids is 2. The maximum Gasteiger partial charge on any atom is 0.341 e. The molecule has 1 atom stereocenters. The molecule has 1 aliphatic carbocycles. The first-order chi connectivity index (χ1) is 12.1. The molecular weight excluding hydrogens is 356 g/mol. The molecule has 2 heterocycles. The number of anilines is 1. The third-order valence-corrected chi connectivity index (χ3v) is 6.30. The van der Waals surface area contributed by atoms with Crippen LogP contribution >= 0.6 is 22.7 Å². The van der Waals surface area contributed by atoms with Crippen LogP contribution in [0.2, 0.25) is 0 Å². The molecular formula is C18H23N2O3S2+. The van der Waals surface area contributed by atoms with Gasteiger partial charge in [-0.3, -0.25) is 4.79 Å². The van der Waals surface area contributed by atoms with Crippen LogP contribution in [-0.4, -0.2) is 32.6 Å². The van der Waals surface area contributed by atoms with Crippen molar-refractivity contribution in [2.45, 2.75) is 32.2 Å². The van der Waals surface area contributed by atoms with Gasteiger partial charge in [-0.1, -0.05) is 0 Å². The van der Waals surface area contributed by atoms with Crippen molar-refractivity contribution >= 4 is 39.6 Å². The van der Waals surface area contributed by atoms with E-state index in [4.69, 9.17) is 4.74 Å². The number of carbonyl (C=O) groups is 2. The Hall–Kier alpha value is -1.70. The summed E-state index contributed by atoms with van der Waals surface area (Å²) in [6, 6.07) is 2.08. The minimum atomic E-state index is -0.353. The molecule has 0 radical (unpaired) electrons. The van der Waals surface area contributed by atoms with Gasteiger partial charge in [-0.25, -0.2) is 4.79 Å². The molecule has 1 aliphatic rings. The Balaban J connectivity index is 1.70. The van der Waals surface area contributed by atoms with Gasteiger partial charge >= 0.3 is 5.97 Å². The summed E-state index contributed by atoms with van der Waals surface area (Å²) < 4.78 is 4.95. The largest absolute Gasteiger partial charge is 0.465 e. The van der Waals surface area contributed by atoms with Crippen molar-refractivity contribution in [1.29, 1.82) is 0 Å². The number of nitrogens with one attached hydrogen (secondary N) is 2. The van der Waals surface area contributed by atoms with Crippen LogP contribution in [0.5, 0.6) is 0 Å². The maximum atomic E-state index is 12.5. The van der Waals surface area contributed by atoms with Crippen LogP contribution in [0.3, 0.4) is 0 Å². The number of amides is 1. The molecule has 2 aromatic heterocycles. The minimum Gasteiger partial charge on any atom is -0.465 e. The standard InChI is InChI=1S/C18H22N2O3S2/c1-20(9-12-7-8-24-11-12)10-15(21)19-17-16(18(22)23-2)13-5-3-4-6-14(13)25-17/h7-8,11H,3-6,9-10H2,1-2H3,(H,19,21)/p+1. The number of quaternary nitrogens is 1. The highest BCUT2D eigenvalue weighted by Crippen LogP contribution is 2.38. The molecule has 0 aliphatic heterocycles. The second-order valence-electron chi connectivity index (χ2n) is 6.40. The number of hydrogen-bond acceptors (Lipinski definition) is 5. The summed E-state index contributed by atoms with van der Waals surface area (Å²) in [7, 11) is 3.39. The monoisotopic (exact) mass is 379 g/mol. The number of ether oxygens (including phenoxy) is 1. The lowest BCUT2D eigenvalue weighted by molar-refractivity contribution is -0.885. The van der Waals surface area contributed by atoms with Gasteiger partial charge in [0.05, 0.1) is 19.7 Å². The number of thiophene rings is 2. The zero-order chi connectivity index (χ0) is 17.8. The zero-order valence-electron chi connectivity index (χ0n) is 14.5. The summed E-state index contributed by atoms with van der Waals surface area (Å²) >= 11 is 3.19. The summed E-state index contributed by atoms with van der Waals surface area (Å²) in [5.74, 6) is -0.426. The van der Waals surface area contributed by atoms with Crippen molar-refractivity contribution < 1.29 is 19.2 Å². The molecule has 134 valence electrons. The topological polar surface area (TPSA) is 59.8 Å². The highest BCUT2D eigenvalue weighted by molar-refractivity contribution is 7.17. The first kappa shape index (κ1) is 18.1. The van der Waals surface area contributed by atoms with E-state index in [0.717, 1.165) is 42.7 Å². The van der Waals surface area contributed by atoms with E-state index in [1.54, 1.807) is 11.3 Å². The summed E-state index contributed by atoms with van der Waals surface area (Å²) in [6.07, 6.45) is 4.07. The van der Waals surface area contributed by atoms with Gasteiger partial charge < -0.3 is 15.0 Å². The van der Waals surface area contributed by atoms with Gasteiger partial charge in [-0.2, -0.15) is 11.3 Å². The molecule has 2 N–H and O–H groups in total. The van der Waals surface area contributed by atoms with Crippen LogP contribution in [0.1, 0.15) is 39.2 Å². The number of likely N-dealkylation sites (N-methyl/N-ethyl adjacent to an activating group) is 1. The minimum absolute atomic E-state index is 0.0727. The van der Waals surface area contributed by atoms with Crippen molar-refractivity contribution in [3.05, 3.63) is 38.4 Å². The molecule has 0 saturated carbocycles. The highest BCUT2D eigenvalue weighted by atomic mass is 32.1. The lowest BCUT2D eigenvalue weighted by Gasteiger charge is -2.13. The molecule has 1 unspecified atom stereocenters. The molecule has 3 rings (SSSR count). The first-order valence-corrected chi connectivity index (χ1v) is 10.2. The predicted octanol–water partition coefficient (Wildman–Crippen LogP) is 2.13. The van der Waals surface area contributed by atoms with E-state index in [1.807, 2.05) is 12.4 Å². The number of esters is 1. The number of fused-ring (bicyclic) bond motifs is 1. The third kappa shape index (κ3) is 4.29. The molecule has 1 amide bonds. The Kier molecular flexibility index (Phi) is 5.88. The normalized spacial score (nSPS) is 14.6. The lowest BCUT2D eigenvalue weighted by Crippen LogP contribution is -3.08. The van der Waals surface area contributed by atoms with Gasteiger partial charge in [-0.15, -0.1) is 11.3 Å². The molecule has 25 heavy (non-hydrogen) atoms. The highest BCUT2D eigenvalue weighted by Gasteiger charge is 2.27. The van der Waals surface area contributed by atoms with Crippen molar-refractivity contribution in [1.82, 2.24) is 0 Å². The quantitative estimate of drug-likeness (QED) is 0.756. The SMILES string of the molecule is COC(=O)c1c(NC(=O)C[NH+](C)Cc2ccsc2)sc2c1CCCC2. The molecule has 0 bridgehead atoms. The zero-order valence-corrected chi connectivity index (χ0v) is 16.1. The van der Waals surface area contributed by atoms with E-state index < -0.39 is 0 Å². The van der Waals surface area contributed by atoms with Crippen molar-refractivity contribution in [3.63, 3.8) is 0 Å². The predicted molar refractivity (Wildman–Crippen MR) is 101 cm³/mol. The Morgan fingerprint density at radius 1 is 1.32 bits per heavy atom. The van der Waals surface area contributed by atoms with E-state index in [9.17, 15) is 9.59 Å². The van der Waals surface area contributed by atoms with Gasteiger partial charge in [0.1, 0.15) is 11.5 Å². The van der Waals surface area contributed by atoms with Crippen LogP contribution in [-0.2, 0) is 28.9 Å². The van der Waals surface area contributed by atoms with Crippen molar-refractivity contribution in [3.8, 4) is 0 Å². The fraction of sp³-hybridized carbons (Fsp3) is 0.444. The van der Waals surface area contributed by atoms with Gasteiger partial charge in [0.2, 0.25) is 0 Å². The van der Waals surface area contributed by atoms with Crippen LogP contribution in [0.4, 0.5) is 5.00 Å². The second-order valence-corrected chi connectivity index (χ2v) is 8.28. The Morgan fingerprint density at radius 3 is 2.84 bits per heavy atom. The number of aryl methyl sites for hydroxylation is 1. The average molecular weight is 380 g/mol. The second kappa shape index (κ2) is 8.12.